The lowest BCUT2D eigenvalue weighted by atomic mass is 9.96. The van der Waals surface area contributed by atoms with Crippen molar-refractivity contribution in [2.24, 2.45) is 7.05 Å². The first kappa shape index (κ1) is 24.7. The lowest BCUT2D eigenvalue weighted by molar-refractivity contribution is -0.139. The van der Waals surface area contributed by atoms with Gasteiger partial charge in [0, 0.05) is 44.3 Å². The Hall–Kier alpha value is -3.39. The molecule has 11 heteroatoms. The minimum absolute atomic E-state index is 0.0256. The van der Waals surface area contributed by atoms with E-state index in [2.05, 4.69) is 5.10 Å². The van der Waals surface area contributed by atoms with E-state index in [9.17, 15) is 22.4 Å². The van der Waals surface area contributed by atoms with Crippen LogP contribution < -0.4 is 10.5 Å². The number of fused-ring (bicyclic) bond motifs is 1. The Balaban J connectivity index is 1.68. The van der Waals surface area contributed by atoms with Crippen LogP contribution in [0.3, 0.4) is 0 Å². The number of hydrogen-bond donors (Lipinski definition) is 0. The van der Waals surface area contributed by atoms with Crippen molar-refractivity contribution in [1.82, 2.24) is 19.2 Å². The van der Waals surface area contributed by atoms with Gasteiger partial charge >= 0.3 is 6.18 Å². The van der Waals surface area contributed by atoms with Crippen LogP contribution in [0.25, 0.3) is 11.0 Å². The summed E-state index contributed by atoms with van der Waals surface area (Å²) in [5, 5.41) is 13.5. The summed E-state index contributed by atoms with van der Waals surface area (Å²) in [6.45, 7) is 6.46. The number of benzene rings is 1. The first-order chi connectivity index (χ1) is 16.4. The van der Waals surface area contributed by atoms with Crippen LogP contribution >= 0.6 is 0 Å². The standard InChI is InChI=1S/C24H26F4N6O/c1-14-12-34(20-10-22(35)31(4)21-13-32(8-7-29)30-23(20)21)15(2)11-33(14)16(3)18-6-5-17(25)9-19(18)24(26,27)28/h5-6,9-10,13-16H,8,11-12H2,1-4H3/t14-,15+,16+/m1/s1. The van der Waals surface area contributed by atoms with Gasteiger partial charge in [-0.3, -0.25) is 14.4 Å². The fourth-order valence-electron chi connectivity index (χ4n) is 4.96. The van der Waals surface area contributed by atoms with E-state index in [0.29, 0.717) is 35.9 Å². The van der Waals surface area contributed by atoms with E-state index in [0.717, 1.165) is 6.07 Å². The number of nitrogens with zero attached hydrogens (tertiary/aromatic N) is 6. The number of piperazine rings is 1. The molecule has 0 unspecified atom stereocenters. The molecule has 1 fully saturated rings. The zero-order valence-corrected chi connectivity index (χ0v) is 19.8. The highest BCUT2D eigenvalue weighted by molar-refractivity contribution is 5.88. The van der Waals surface area contributed by atoms with Crippen LogP contribution in [0.4, 0.5) is 23.2 Å². The van der Waals surface area contributed by atoms with Crippen molar-refractivity contribution in [2.75, 3.05) is 18.0 Å². The highest BCUT2D eigenvalue weighted by atomic mass is 19.4. The van der Waals surface area contributed by atoms with E-state index < -0.39 is 23.6 Å². The molecule has 2 aromatic heterocycles. The largest absolute Gasteiger partial charge is 0.416 e. The molecule has 0 radical (unpaired) electrons. The normalized spacial score (nSPS) is 20.3. The van der Waals surface area contributed by atoms with Crippen molar-refractivity contribution in [3.8, 4) is 6.07 Å². The predicted molar refractivity (Wildman–Crippen MR) is 123 cm³/mol. The minimum Gasteiger partial charge on any atom is -0.364 e. The van der Waals surface area contributed by atoms with Gasteiger partial charge in [0.15, 0.2) is 0 Å². The average Bonchev–Trinajstić information content (AvgIpc) is 3.21. The van der Waals surface area contributed by atoms with E-state index in [4.69, 9.17) is 5.26 Å². The Bertz CT molecular complexity index is 1360. The Morgan fingerprint density at radius 2 is 1.91 bits per heavy atom. The van der Waals surface area contributed by atoms with E-state index in [1.165, 1.54) is 21.4 Å². The van der Waals surface area contributed by atoms with Crippen molar-refractivity contribution in [3.63, 3.8) is 0 Å². The smallest absolute Gasteiger partial charge is 0.364 e. The van der Waals surface area contributed by atoms with Gasteiger partial charge in [-0.25, -0.2) is 4.39 Å². The van der Waals surface area contributed by atoms with Crippen molar-refractivity contribution in [3.05, 3.63) is 57.8 Å². The van der Waals surface area contributed by atoms with Gasteiger partial charge in [0.25, 0.3) is 5.56 Å². The molecule has 0 bridgehead atoms. The maximum absolute atomic E-state index is 13.6. The van der Waals surface area contributed by atoms with Crippen LogP contribution in [-0.4, -0.2) is 44.4 Å². The van der Waals surface area contributed by atoms with Crippen molar-refractivity contribution < 1.29 is 17.6 Å². The molecular formula is C24H26F4N6O. The summed E-state index contributed by atoms with van der Waals surface area (Å²) in [6, 6.07) is 5.42. The molecule has 0 N–H and O–H groups in total. The predicted octanol–water partition coefficient (Wildman–Crippen LogP) is 4.08. The van der Waals surface area contributed by atoms with Gasteiger partial charge in [-0.05, 0) is 38.5 Å². The number of alkyl halides is 3. The molecule has 0 amide bonds. The molecule has 0 aliphatic carbocycles. The summed E-state index contributed by atoms with van der Waals surface area (Å²) in [4.78, 5) is 16.7. The Morgan fingerprint density at radius 3 is 2.57 bits per heavy atom. The average molecular weight is 491 g/mol. The van der Waals surface area contributed by atoms with Gasteiger partial charge in [0.05, 0.1) is 29.0 Å². The molecule has 0 saturated carbocycles. The quantitative estimate of drug-likeness (QED) is 0.516. The van der Waals surface area contributed by atoms with Crippen LogP contribution in [0.5, 0.6) is 0 Å². The van der Waals surface area contributed by atoms with E-state index >= 15 is 0 Å². The Morgan fingerprint density at radius 1 is 1.20 bits per heavy atom. The fraction of sp³-hybridized carbons (Fsp3) is 0.458. The van der Waals surface area contributed by atoms with Crippen LogP contribution in [0.1, 0.15) is 37.9 Å². The number of anilines is 1. The second kappa shape index (κ2) is 9.00. The third kappa shape index (κ3) is 4.50. The van der Waals surface area contributed by atoms with E-state index in [-0.39, 0.29) is 29.8 Å². The monoisotopic (exact) mass is 490 g/mol. The zero-order chi connectivity index (χ0) is 25.7. The summed E-state index contributed by atoms with van der Waals surface area (Å²) in [7, 11) is 1.64. The molecule has 1 aliphatic rings. The number of aryl methyl sites for hydroxylation is 1. The number of aromatic nitrogens is 3. The molecule has 35 heavy (non-hydrogen) atoms. The summed E-state index contributed by atoms with van der Waals surface area (Å²) in [5.74, 6) is -0.926. The summed E-state index contributed by atoms with van der Waals surface area (Å²) >= 11 is 0. The number of pyridine rings is 1. The van der Waals surface area contributed by atoms with Gasteiger partial charge in [0.2, 0.25) is 0 Å². The molecule has 7 nitrogen and oxygen atoms in total. The topological polar surface area (TPSA) is 70.1 Å². The first-order valence-electron chi connectivity index (χ1n) is 11.3. The van der Waals surface area contributed by atoms with Crippen LogP contribution in [0.2, 0.25) is 0 Å². The fourth-order valence-corrected chi connectivity index (χ4v) is 4.96. The number of halogens is 4. The summed E-state index contributed by atoms with van der Waals surface area (Å²) < 4.78 is 57.5. The van der Waals surface area contributed by atoms with Crippen LogP contribution in [0, 0.1) is 17.1 Å². The van der Waals surface area contributed by atoms with Gasteiger partial charge in [0.1, 0.15) is 17.9 Å². The van der Waals surface area contributed by atoms with Crippen LogP contribution in [0.15, 0.2) is 35.3 Å². The maximum Gasteiger partial charge on any atom is 0.416 e. The highest BCUT2D eigenvalue weighted by Crippen LogP contribution is 2.39. The van der Waals surface area contributed by atoms with Gasteiger partial charge in [-0.15, -0.1) is 0 Å². The lowest BCUT2D eigenvalue weighted by Crippen LogP contribution is -2.57. The molecule has 1 saturated heterocycles. The van der Waals surface area contributed by atoms with E-state index in [1.807, 2.05) is 29.7 Å². The molecule has 1 aromatic carbocycles. The summed E-state index contributed by atoms with van der Waals surface area (Å²) in [5.41, 5.74) is 0.645. The molecule has 3 aromatic rings. The minimum atomic E-state index is -4.67. The third-order valence-electron chi connectivity index (χ3n) is 6.78. The molecular weight excluding hydrogens is 464 g/mol. The maximum atomic E-state index is 13.6. The third-order valence-corrected chi connectivity index (χ3v) is 6.78. The molecule has 3 heterocycles. The summed E-state index contributed by atoms with van der Waals surface area (Å²) in [6.07, 6.45) is -3.01. The molecule has 0 spiro atoms. The van der Waals surface area contributed by atoms with E-state index in [1.54, 1.807) is 20.2 Å². The molecule has 3 atom stereocenters. The zero-order valence-electron chi connectivity index (χ0n) is 19.8. The lowest BCUT2D eigenvalue weighted by Gasteiger charge is -2.48. The number of hydrogen-bond acceptors (Lipinski definition) is 5. The van der Waals surface area contributed by atoms with Crippen molar-refractivity contribution >= 4 is 16.7 Å². The number of nitriles is 1. The highest BCUT2D eigenvalue weighted by Gasteiger charge is 2.39. The SMILES string of the molecule is C[C@@H]1CN(c2cc(=O)n(C)c3cn(CC#N)nc23)[C@@H](C)CN1[C@@H](C)c1ccc(F)cc1C(F)(F)F. The number of rotatable bonds is 4. The Kier molecular flexibility index (Phi) is 6.36. The van der Waals surface area contributed by atoms with Crippen LogP contribution in [-0.2, 0) is 19.8 Å². The van der Waals surface area contributed by atoms with Gasteiger partial charge in [-0.1, -0.05) is 6.07 Å². The first-order valence-corrected chi connectivity index (χ1v) is 11.3. The Labute approximate surface area is 199 Å². The molecule has 186 valence electrons. The van der Waals surface area contributed by atoms with Crippen molar-refractivity contribution in [2.45, 2.75) is 51.6 Å². The van der Waals surface area contributed by atoms with Gasteiger partial charge < -0.3 is 9.47 Å². The molecule has 4 rings (SSSR count). The van der Waals surface area contributed by atoms with Gasteiger partial charge in [-0.2, -0.15) is 23.5 Å². The second-order valence-corrected chi connectivity index (χ2v) is 9.10. The van der Waals surface area contributed by atoms with Crippen molar-refractivity contribution in [1.29, 1.82) is 5.26 Å². The molecule has 1 aliphatic heterocycles. The second-order valence-electron chi connectivity index (χ2n) is 9.10.